The Morgan fingerprint density at radius 2 is 1.90 bits per heavy atom. The Bertz CT molecular complexity index is 584. The van der Waals surface area contributed by atoms with Gasteiger partial charge in [-0.25, -0.2) is 0 Å². The normalized spacial score (nSPS) is 10.3. The third-order valence-corrected chi connectivity index (χ3v) is 3.01. The summed E-state index contributed by atoms with van der Waals surface area (Å²) in [5.74, 6) is 2.23. The molecule has 0 radical (unpaired) electrons. The fraction of sp³-hybridized carbons (Fsp3) is 0.312. The molecule has 0 saturated heterocycles. The minimum atomic E-state index is -0.149. The van der Waals surface area contributed by atoms with Crippen LogP contribution in [-0.2, 0) is 11.3 Å². The van der Waals surface area contributed by atoms with Gasteiger partial charge in [-0.3, -0.25) is 4.79 Å². The third kappa shape index (κ3) is 3.88. The molecule has 0 aliphatic carbocycles. The molecule has 1 heterocycles. The lowest BCUT2D eigenvalue weighted by atomic mass is 10.2. The monoisotopic (exact) mass is 273 g/mol. The molecule has 4 heteroatoms. The first-order valence-electron chi connectivity index (χ1n) is 6.56. The van der Waals surface area contributed by atoms with E-state index in [9.17, 15) is 4.79 Å². The van der Waals surface area contributed by atoms with E-state index in [1.807, 2.05) is 51.1 Å². The Labute approximate surface area is 118 Å². The van der Waals surface area contributed by atoms with E-state index in [1.54, 1.807) is 0 Å². The van der Waals surface area contributed by atoms with E-state index < -0.39 is 0 Å². The summed E-state index contributed by atoms with van der Waals surface area (Å²) in [7, 11) is 0. The van der Waals surface area contributed by atoms with E-state index in [4.69, 9.17) is 9.15 Å². The largest absolute Gasteiger partial charge is 0.484 e. The SMILES string of the molecule is Cc1ccc(OCC(=O)NCc2cc(C)oc2C)cc1. The predicted molar refractivity (Wildman–Crippen MR) is 76.7 cm³/mol. The van der Waals surface area contributed by atoms with Crippen LogP contribution >= 0.6 is 0 Å². The van der Waals surface area contributed by atoms with Crippen molar-refractivity contribution in [3.63, 3.8) is 0 Å². The summed E-state index contributed by atoms with van der Waals surface area (Å²) in [5.41, 5.74) is 2.15. The van der Waals surface area contributed by atoms with Crippen LogP contribution in [0.15, 0.2) is 34.7 Å². The quantitative estimate of drug-likeness (QED) is 0.911. The van der Waals surface area contributed by atoms with E-state index in [0.717, 1.165) is 22.6 Å². The number of carbonyl (C=O) groups is 1. The van der Waals surface area contributed by atoms with Gasteiger partial charge in [0, 0.05) is 12.1 Å². The van der Waals surface area contributed by atoms with Crippen LogP contribution in [0.5, 0.6) is 5.75 Å². The van der Waals surface area contributed by atoms with Gasteiger partial charge in [-0.15, -0.1) is 0 Å². The average molecular weight is 273 g/mol. The molecule has 20 heavy (non-hydrogen) atoms. The zero-order valence-corrected chi connectivity index (χ0v) is 12.0. The van der Waals surface area contributed by atoms with Crippen LogP contribution in [0.25, 0.3) is 0 Å². The highest BCUT2D eigenvalue weighted by Crippen LogP contribution is 2.13. The maximum Gasteiger partial charge on any atom is 0.258 e. The highest BCUT2D eigenvalue weighted by Gasteiger charge is 2.07. The average Bonchev–Trinajstić information content (AvgIpc) is 2.74. The first-order chi connectivity index (χ1) is 9.54. The van der Waals surface area contributed by atoms with Gasteiger partial charge in [0.25, 0.3) is 5.91 Å². The number of aryl methyl sites for hydroxylation is 3. The van der Waals surface area contributed by atoms with Crippen molar-refractivity contribution >= 4 is 5.91 Å². The lowest BCUT2D eigenvalue weighted by molar-refractivity contribution is -0.123. The summed E-state index contributed by atoms with van der Waals surface area (Å²) < 4.78 is 10.8. The maximum atomic E-state index is 11.7. The van der Waals surface area contributed by atoms with Crippen molar-refractivity contribution in [3.8, 4) is 5.75 Å². The summed E-state index contributed by atoms with van der Waals surface area (Å²) >= 11 is 0. The highest BCUT2D eigenvalue weighted by molar-refractivity contribution is 5.77. The molecule has 0 saturated carbocycles. The summed E-state index contributed by atoms with van der Waals surface area (Å²) in [6.45, 7) is 6.25. The van der Waals surface area contributed by atoms with Crippen LogP contribution < -0.4 is 10.1 Å². The molecule has 0 atom stereocenters. The van der Waals surface area contributed by atoms with E-state index in [0.29, 0.717) is 12.3 Å². The number of ether oxygens (including phenoxy) is 1. The molecule has 1 N–H and O–H groups in total. The molecule has 0 fully saturated rings. The number of rotatable bonds is 5. The summed E-state index contributed by atoms with van der Waals surface area (Å²) in [6, 6.07) is 9.53. The lowest BCUT2D eigenvalue weighted by Crippen LogP contribution is -2.28. The van der Waals surface area contributed by atoms with Gasteiger partial charge >= 0.3 is 0 Å². The maximum absolute atomic E-state index is 11.7. The Balaban J connectivity index is 1.78. The second-order valence-corrected chi connectivity index (χ2v) is 4.82. The molecule has 1 amide bonds. The van der Waals surface area contributed by atoms with Gasteiger partial charge < -0.3 is 14.5 Å². The number of benzene rings is 1. The fourth-order valence-corrected chi connectivity index (χ4v) is 1.89. The first-order valence-corrected chi connectivity index (χ1v) is 6.56. The van der Waals surface area contributed by atoms with Gasteiger partial charge in [0.05, 0.1) is 0 Å². The molecular formula is C16H19NO3. The number of amides is 1. The third-order valence-electron chi connectivity index (χ3n) is 3.01. The second kappa shape index (κ2) is 6.28. The van der Waals surface area contributed by atoms with Crippen LogP contribution in [0, 0.1) is 20.8 Å². The zero-order valence-electron chi connectivity index (χ0n) is 12.0. The zero-order chi connectivity index (χ0) is 14.5. The number of hydrogen-bond acceptors (Lipinski definition) is 3. The van der Waals surface area contributed by atoms with Crippen molar-refractivity contribution in [2.24, 2.45) is 0 Å². The summed E-state index contributed by atoms with van der Waals surface area (Å²) in [5, 5.41) is 2.81. The van der Waals surface area contributed by atoms with E-state index in [1.165, 1.54) is 0 Å². The molecule has 0 bridgehead atoms. The number of hydrogen-bond donors (Lipinski definition) is 1. The molecule has 0 aliphatic rings. The minimum absolute atomic E-state index is 0.0128. The van der Waals surface area contributed by atoms with Gasteiger partial charge in [0.2, 0.25) is 0 Å². The van der Waals surface area contributed by atoms with Crippen molar-refractivity contribution in [1.29, 1.82) is 0 Å². The predicted octanol–water partition coefficient (Wildman–Crippen LogP) is 2.90. The molecule has 0 aliphatic heterocycles. The van der Waals surface area contributed by atoms with Crippen molar-refractivity contribution in [2.45, 2.75) is 27.3 Å². The van der Waals surface area contributed by atoms with E-state index in [-0.39, 0.29) is 12.5 Å². The summed E-state index contributed by atoms with van der Waals surface area (Å²) in [6.07, 6.45) is 0. The Kier molecular flexibility index (Phi) is 4.45. The van der Waals surface area contributed by atoms with Gasteiger partial charge in [-0.1, -0.05) is 17.7 Å². The van der Waals surface area contributed by atoms with Crippen LogP contribution in [-0.4, -0.2) is 12.5 Å². The van der Waals surface area contributed by atoms with Crippen molar-refractivity contribution in [3.05, 3.63) is 53.0 Å². The Morgan fingerprint density at radius 1 is 1.20 bits per heavy atom. The van der Waals surface area contributed by atoms with Crippen LogP contribution in [0.4, 0.5) is 0 Å². The molecular weight excluding hydrogens is 254 g/mol. The first kappa shape index (κ1) is 14.2. The lowest BCUT2D eigenvalue weighted by Gasteiger charge is -2.07. The van der Waals surface area contributed by atoms with Crippen molar-refractivity contribution < 1.29 is 13.9 Å². The van der Waals surface area contributed by atoms with Gasteiger partial charge in [0.15, 0.2) is 6.61 Å². The fourth-order valence-electron chi connectivity index (χ4n) is 1.89. The van der Waals surface area contributed by atoms with Gasteiger partial charge in [-0.2, -0.15) is 0 Å². The van der Waals surface area contributed by atoms with Gasteiger partial charge in [0.1, 0.15) is 17.3 Å². The number of nitrogens with one attached hydrogen (secondary N) is 1. The second-order valence-electron chi connectivity index (χ2n) is 4.82. The van der Waals surface area contributed by atoms with Crippen molar-refractivity contribution in [2.75, 3.05) is 6.61 Å². The van der Waals surface area contributed by atoms with Crippen molar-refractivity contribution in [1.82, 2.24) is 5.32 Å². The molecule has 0 spiro atoms. The smallest absolute Gasteiger partial charge is 0.258 e. The van der Waals surface area contributed by atoms with Crippen LogP contribution in [0.1, 0.15) is 22.6 Å². The highest BCUT2D eigenvalue weighted by atomic mass is 16.5. The van der Waals surface area contributed by atoms with Crippen LogP contribution in [0.3, 0.4) is 0 Å². The minimum Gasteiger partial charge on any atom is -0.484 e. The Hall–Kier alpha value is -2.23. The molecule has 4 nitrogen and oxygen atoms in total. The number of carbonyl (C=O) groups excluding carboxylic acids is 1. The molecule has 1 aromatic heterocycles. The molecule has 0 unspecified atom stereocenters. The number of furan rings is 1. The van der Waals surface area contributed by atoms with E-state index >= 15 is 0 Å². The summed E-state index contributed by atoms with van der Waals surface area (Å²) in [4.78, 5) is 11.7. The van der Waals surface area contributed by atoms with E-state index in [2.05, 4.69) is 5.32 Å². The molecule has 2 rings (SSSR count). The standard InChI is InChI=1S/C16H19NO3/c1-11-4-6-15(7-5-11)19-10-16(18)17-9-14-8-12(2)20-13(14)3/h4-8H,9-10H2,1-3H3,(H,17,18). The molecule has 106 valence electrons. The topological polar surface area (TPSA) is 51.5 Å². The van der Waals surface area contributed by atoms with Gasteiger partial charge in [-0.05, 0) is 39.0 Å². The Morgan fingerprint density at radius 3 is 2.50 bits per heavy atom. The molecule has 2 aromatic rings. The van der Waals surface area contributed by atoms with Crippen LogP contribution in [0.2, 0.25) is 0 Å². The molecule has 1 aromatic carbocycles.